The van der Waals surface area contributed by atoms with E-state index < -0.39 is 0 Å². The van der Waals surface area contributed by atoms with Crippen molar-refractivity contribution < 1.29 is 0 Å². The number of aromatic amines is 1. The number of H-pyrrole nitrogens is 1. The number of hydrazone groups is 1. The predicted molar refractivity (Wildman–Crippen MR) is 51.0 cm³/mol. The van der Waals surface area contributed by atoms with E-state index in [-0.39, 0.29) is 0 Å². The Bertz CT molecular complexity index is 232. The fourth-order valence-corrected chi connectivity index (χ4v) is 0.842. The van der Waals surface area contributed by atoms with Gasteiger partial charge in [0.1, 0.15) is 0 Å². The fourth-order valence-electron chi connectivity index (χ4n) is 0.508. The van der Waals surface area contributed by atoms with Crippen molar-refractivity contribution in [3.05, 3.63) is 36.4 Å². The van der Waals surface area contributed by atoms with E-state index in [1.165, 1.54) is 0 Å². The van der Waals surface area contributed by atoms with Crippen LogP contribution in [-0.2, 0) is 0 Å². The van der Waals surface area contributed by atoms with Crippen LogP contribution in [-0.4, -0.2) is 16.2 Å². The van der Waals surface area contributed by atoms with Crippen molar-refractivity contribution in [3.63, 3.8) is 0 Å². The highest BCUT2D eigenvalue weighted by Crippen LogP contribution is 1.88. The van der Waals surface area contributed by atoms with E-state index in [0.717, 1.165) is 8.35 Å². The normalized spacial score (nSPS) is 13.3. The topological polar surface area (TPSA) is 53.1 Å². The van der Waals surface area contributed by atoms with Gasteiger partial charge in [-0.1, -0.05) is 6.08 Å². The molecule has 0 unspecified atom stereocenters. The maximum absolute atomic E-state index is 3.72. The minimum absolute atomic E-state index is 1.09. The highest BCUT2D eigenvalue weighted by Gasteiger charge is 1.68. The lowest BCUT2D eigenvalue weighted by atomic mass is 10.5. The predicted octanol–water partition coefficient (Wildman–Crippen LogP) is 1.64. The molecule has 2 N–H and O–H groups in total. The molecule has 62 valence electrons. The number of nitrogens with one attached hydrogen (secondary N) is 2. The molecule has 0 saturated heterocycles. The summed E-state index contributed by atoms with van der Waals surface area (Å²) in [4.78, 5) is 2.71. The lowest BCUT2D eigenvalue weighted by Gasteiger charge is -1.78. The Morgan fingerprint density at radius 3 is 2.83 bits per heavy atom. The summed E-state index contributed by atoms with van der Waals surface area (Å²) in [5, 5.41) is 7.36. The summed E-state index contributed by atoms with van der Waals surface area (Å²) >= 11 is 0. The quantitative estimate of drug-likeness (QED) is 0.637. The molecule has 5 heteroatoms. The van der Waals surface area contributed by atoms with Crippen LogP contribution in [0, 0.1) is 0 Å². The minimum atomic E-state index is 1.09. The molecule has 0 amide bonds. The molecule has 0 atom stereocenters. The molecule has 0 aliphatic carbocycles. The number of nitrogens with zero attached hydrogens (tertiary/aromatic N) is 2. The van der Waals surface area contributed by atoms with Crippen LogP contribution >= 0.6 is 8.35 Å². The Labute approximate surface area is 72.2 Å². The van der Waals surface area contributed by atoms with Crippen LogP contribution in [0.3, 0.4) is 0 Å². The van der Waals surface area contributed by atoms with Crippen LogP contribution in [0.4, 0.5) is 0 Å². The van der Waals surface area contributed by atoms with Gasteiger partial charge in [0.15, 0.2) is 0 Å². The lowest BCUT2D eigenvalue weighted by Crippen LogP contribution is -1.89. The first-order chi connectivity index (χ1) is 6.00. The highest BCUT2D eigenvalue weighted by molar-refractivity contribution is 7.24. The average Bonchev–Trinajstić information content (AvgIpc) is 2.54. The van der Waals surface area contributed by atoms with Crippen LogP contribution in [0.2, 0.25) is 0 Å². The van der Waals surface area contributed by atoms with E-state index in [4.69, 9.17) is 0 Å². The van der Waals surface area contributed by atoms with Crippen molar-refractivity contribution in [1.82, 2.24) is 15.4 Å². The molecule has 0 radical (unpaired) electrons. The van der Waals surface area contributed by atoms with Crippen molar-refractivity contribution in [1.29, 1.82) is 0 Å². The van der Waals surface area contributed by atoms with E-state index in [2.05, 4.69) is 20.5 Å². The molecular weight excluding hydrogens is 171 g/mol. The molecule has 1 aromatic heterocycles. The summed E-state index contributed by atoms with van der Waals surface area (Å²) in [6.07, 6.45) is 10.8. The van der Waals surface area contributed by atoms with E-state index in [1.807, 2.05) is 24.0 Å². The van der Waals surface area contributed by atoms with Crippen molar-refractivity contribution in [2.45, 2.75) is 0 Å². The standard InChI is InChI=1S/C5H6N2.C2H3N2P/c1-2-4-6-7-5-3-1;1-2-5-4-3-1/h1-6H;1-2H,(H,3,4). The first-order valence-corrected chi connectivity index (χ1v) is 4.36. The molecule has 2 rings (SSSR count). The molecule has 4 nitrogen and oxygen atoms in total. The second-order valence-corrected chi connectivity index (χ2v) is 2.56. The smallest absolute Gasteiger partial charge is 0.0535 e. The molecule has 2 heterocycles. The largest absolute Gasteiger partial charge is 0.286 e. The van der Waals surface area contributed by atoms with Gasteiger partial charge in [-0.15, -0.1) is 0 Å². The van der Waals surface area contributed by atoms with E-state index >= 15 is 0 Å². The summed E-state index contributed by atoms with van der Waals surface area (Å²) in [5.41, 5.74) is 2.67. The first kappa shape index (κ1) is 8.68. The van der Waals surface area contributed by atoms with Crippen LogP contribution in [0.15, 0.2) is 41.5 Å². The number of aromatic nitrogens is 2. The van der Waals surface area contributed by atoms with Gasteiger partial charge in [0, 0.05) is 26.6 Å². The zero-order valence-corrected chi connectivity index (χ0v) is 7.28. The van der Waals surface area contributed by atoms with Crippen molar-refractivity contribution in [3.8, 4) is 0 Å². The SMILES string of the molecule is C1=CC=NNC=C1.c1cp[nH]n1. The molecule has 1 aliphatic heterocycles. The average molecular weight is 180 g/mol. The van der Waals surface area contributed by atoms with Gasteiger partial charge < -0.3 is 0 Å². The molecular formula is C7H9N4P. The zero-order valence-electron chi connectivity index (χ0n) is 6.38. The van der Waals surface area contributed by atoms with Gasteiger partial charge in [0.2, 0.25) is 0 Å². The summed E-state index contributed by atoms with van der Waals surface area (Å²) in [6, 6.07) is 0. The van der Waals surface area contributed by atoms with Crippen LogP contribution in [0.5, 0.6) is 0 Å². The summed E-state index contributed by atoms with van der Waals surface area (Å²) in [5.74, 6) is 1.93. The lowest BCUT2D eigenvalue weighted by molar-refractivity contribution is 0.980. The molecule has 0 saturated carbocycles. The third-order valence-electron chi connectivity index (χ3n) is 0.959. The Morgan fingerprint density at radius 1 is 1.17 bits per heavy atom. The monoisotopic (exact) mass is 180 g/mol. The number of rotatable bonds is 0. The summed E-state index contributed by atoms with van der Waals surface area (Å²) < 4.78 is 0. The second-order valence-electron chi connectivity index (χ2n) is 1.81. The van der Waals surface area contributed by atoms with Crippen molar-refractivity contribution >= 4 is 14.6 Å². The van der Waals surface area contributed by atoms with Crippen LogP contribution < -0.4 is 5.43 Å². The Morgan fingerprint density at radius 2 is 2.17 bits per heavy atom. The van der Waals surface area contributed by atoms with Crippen LogP contribution in [0.25, 0.3) is 0 Å². The number of hydrogen-bond acceptors (Lipinski definition) is 3. The van der Waals surface area contributed by atoms with Gasteiger partial charge in [-0.3, -0.25) is 10.3 Å². The highest BCUT2D eigenvalue weighted by atomic mass is 31.0. The van der Waals surface area contributed by atoms with Gasteiger partial charge in [-0.05, 0) is 12.2 Å². The summed E-state index contributed by atoms with van der Waals surface area (Å²) in [7, 11) is 1.09. The van der Waals surface area contributed by atoms with Crippen molar-refractivity contribution in [2.75, 3.05) is 0 Å². The number of hydrogen-bond donors (Lipinski definition) is 2. The van der Waals surface area contributed by atoms with Gasteiger partial charge in [-0.2, -0.15) is 10.2 Å². The molecule has 0 bridgehead atoms. The molecule has 1 aliphatic rings. The molecule has 0 fully saturated rings. The number of allylic oxidation sites excluding steroid dienone is 3. The van der Waals surface area contributed by atoms with Gasteiger partial charge in [0.05, 0.1) is 6.20 Å². The van der Waals surface area contributed by atoms with E-state index in [9.17, 15) is 0 Å². The van der Waals surface area contributed by atoms with E-state index in [0.29, 0.717) is 0 Å². The van der Waals surface area contributed by atoms with E-state index in [1.54, 1.807) is 18.6 Å². The van der Waals surface area contributed by atoms with Gasteiger partial charge >= 0.3 is 0 Å². The molecule has 0 spiro atoms. The molecule has 0 aromatic carbocycles. The third-order valence-corrected chi connectivity index (χ3v) is 1.47. The molecule has 12 heavy (non-hydrogen) atoms. The van der Waals surface area contributed by atoms with Gasteiger partial charge in [-0.25, -0.2) is 0 Å². The Hall–Kier alpha value is -1.41. The van der Waals surface area contributed by atoms with Gasteiger partial charge in [0.25, 0.3) is 0 Å². The Kier molecular flexibility index (Phi) is 4.57. The zero-order chi connectivity index (χ0) is 8.49. The maximum Gasteiger partial charge on any atom is 0.0535 e. The molecule has 1 aromatic rings. The third kappa shape index (κ3) is 4.41. The maximum atomic E-state index is 3.72. The van der Waals surface area contributed by atoms with Crippen LogP contribution in [0.1, 0.15) is 0 Å². The first-order valence-electron chi connectivity index (χ1n) is 3.40. The Balaban J connectivity index is 0.000000127. The summed E-state index contributed by atoms with van der Waals surface area (Å²) in [6.45, 7) is 0. The fraction of sp³-hybridized carbons (Fsp3) is 0. The second kappa shape index (κ2) is 6.31. The minimum Gasteiger partial charge on any atom is -0.286 e. The van der Waals surface area contributed by atoms with Crippen molar-refractivity contribution in [2.24, 2.45) is 5.10 Å².